The smallest absolute Gasteiger partial charge is 0.241 e. The van der Waals surface area contributed by atoms with E-state index in [0.29, 0.717) is 6.54 Å². The molecule has 0 spiro atoms. The van der Waals surface area contributed by atoms with Crippen LogP contribution in [-0.2, 0) is 4.79 Å². The van der Waals surface area contributed by atoms with Crippen molar-refractivity contribution in [3.8, 4) is 0 Å². The lowest BCUT2D eigenvalue weighted by Gasteiger charge is -2.24. The predicted octanol–water partition coefficient (Wildman–Crippen LogP) is 1.97. The Balaban J connectivity index is 2.28. The van der Waals surface area contributed by atoms with Crippen molar-refractivity contribution in [2.75, 3.05) is 13.1 Å². The molecule has 2 N–H and O–H groups in total. The molecule has 1 aliphatic heterocycles. The Bertz CT molecular complexity index is 395. The Morgan fingerprint density at radius 3 is 2.67 bits per heavy atom. The van der Waals surface area contributed by atoms with Gasteiger partial charge in [0.15, 0.2) is 0 Å². The minimum absolute atomic E-state index is 0.0375. The summed E-state index contributed by atoms with van der Waals surface area (Å²) >= 11 is 6.83. The van der Waals surface area contributed by atoms with Crippen molar-refractivity contribution in [3.63, 3.8) is 0 Å². The van der Waals surface area contributed by atoms with Gasteiger partial charge in [-0.1, -0.05) is 6.07 Å². The Morgan fingerprint density at radius 2 is 2.00 bits per heavy atom. The van der Waals surface area contributed by atoms with Crippen LogP contribution in [0.5, 0.6) is 0 Å². The van der Waals surface area contributed by atoms with Crippen LogP contribution in [-0.4, -0.2) is 19.0 Å². The lowest BCUT2D eigenvalue weighted by molar-refractivity contribution is -0.124. The zero-order valence-electron chi connectivity index (χ0n) is 7.89. The average Bonchev–Trinajstić information content (AvgIpc) is 2.23. The molecule has 1 aromatic carbocycles. The maximum atomic E-state index is 11.6. The minimum Gasteiger partial charge on any atom is -0.353 e. The third kappa shape index (κ3) is 2.41. The fraction of sp³-hybridized carbons (Fsp3) is 0.300. The van der Waals surface area contributed by atoms with Crippen LogP contribution in [0.4, 0.5) is 0 Å². The Morgan fingerprint density at radius 1 is 1.20 bits per heavy atom. The van der Waals surface area contributed by atoms with E-state index in [-0.39, 0.29) is 11.9 Å². The molecule has 1 fully saturated rings. The number of carbonyl (C=O) groups excluding carboxylic acids is 1. The number of hydrogen-bond donors (Lipinski definition) is 2. The number of nitrogens with one attached hydrogen (secondary N) is 2. The van der Waals surface area contributed by atoms with Crippen LogP contribution in [0.25, 0.3) is 0 Å². The maximum absolute atomic E-state index is 11.6. The highest BCUT2D eigenvalue weighted by Gasteiger charge is 2.23. The van der Waals surface area contributed by atoms with Crippen LogP contribution in [0.3, 0.4) is 0 Å². The number of hydrogen-bond acceptors (Lipinski definition) is 2. The first kappa shape index (κ1) is 11.1. The van der Waals surface area contributed by atoms with Gasteiger partial charge in [-0.25, -0.2) is 0 Å². The monoisotopic (exact) mass is 332 g/mol. The van der Waals surface area contributed by atoms with Crippen molar-refractivity contribution in [1.29, 1.82) is 0 Å². The predicted molar refractivity (Wildman–Crippen MR) is 65.6 cm³/mol. The topological polar surface area (TPSA) is 41.1 Å². The van der Waals surface area contributed by atoms with Crippen molar-refractivity contribution in [2.24, 2.45) is 0 Å². The van der Waals surface area contributed by atoms with E-state index in [1.54, 1.807) is 0 Å². The second-order valence-corrected chi connectivity index (χ2v) is 5.06. The average molecular weight is 334 g/mol. The first-order chi connectivity index (χ1) is 7.18. The van der Waals surface area contributed by atoms with Crippen molar-refractivity contribution < 1.29 is 4.79 Å². The van der Waals surface area contributed by atoms with Gasteiger partial charge < -0.3 is 10.6 Å². The molecule has 0 aromatic heterocycles. The van der Waals surface area contributed by atoms with Crippen LogP contribution in [0.15, 0.2) is 27.1 Å². The number of amides is 1. The molecule has 0 saturated carbocycles. The van der Waals surface area contributed by atoms with Gasteiger partial charge in [-0.2, -0.15) is 0 Å². The van der Waals surface area contributed by atoms with Gasteiger partial charge in [0.25, 0.3) is 0 Å². The van der Waals surface area contributed by atoms with E-state index in [9.17, 15) is 4.79 Å². The van der Waals surface area contributed by atoms with E-state index >= 15 is 0 Å². The lowest BCUT2D eigenvalue weighted by Crippen LogP contribution is -2.47. The highest BCUT2D eigenvalue weighted by molar-refractivity contribution is 9.13. The lowest BCUT2D eigenvalue weighted by atomic mass is 10.1. The highest BCUT2D eigenvalue weighted by atomic mass is 79.9. The molecule has 2 rings (SSSR count). The molecule has 5 heteroatoms. The van der Waals surface area contributed by atoms with Gasteiger partial charge in [0.05, 0.1) is 0 Å². The summed E-state index contributed by atoms with van der Waals surface area (Å²) in [6.45, 7) is 1.51. The number of benzene rings is 1. The molecule has 1 atom stereocenters. The van der Waals surface area contributed by atoms with Gasteiger partial charge in [0.1, 0.15) is 6.04 Å². The highest BCUT2D eigenvalue weighted by Crippen LogP contribution is 2.26. The zero-order chi connectivity index (χ0) is 10.8. The van der Waals surface area contributed by atoms with Crippen LogP contribution >= 0.6 is 31.9 Å². The first-order valence-electron chi connectivity index (χ1n) is 4.64. The molecule has 1 saturated heterocycles. The van der Waals surface area contributed by atoms with Crippen LogP contribution in [0.2, 0.25) is 0 Å². The van der Waals surface area contributed by atoms with Gasteiger partial charge >= 0.3 is 0 Å². The second kappa shape index (κ2) is 4.63. The molecular formula is C10H10Br2N2O. The molecular weight excluding hydrogens is 324 g/mol. The molecule has 3 nitrogen and oxygen atoms in total. The molecule has 0 radical (unpaired) electrons. The van der Waals surface area contributed by atoms with Crippen molar-refractivity contribution in [3.05, 3.63) is 32.7 Å². The molecule has 15 heavy (non-hydrogen) atoms. The van der Waals surface area contributed by atoms with E-state index in [1.807, 2.05) is 18.2 Å². The summed E-state index contributed by atoms with van der Waals surface area (Å²) in [6.07, 6.45) is 0. The normalized spacial score (nSPS) is 21.2. The molecule has 1 aliphatic rings. The number of carbonyl (C=O) groups is 1. The summed E-state index contributed by atoms with van der Waals surface area (Å²) in [5.41, 5.74) is 0.974. The zero-order valence-corrected chi connectivity index (χ0v) is 11.1. The SMILES string of the molecule is O=C1NCCNC1c1ccc(Br)c(Br)c1. The van der Waals surface area contributed by atoms with Gasteiger partial charge in [0.2, 0.25) is 5.91 Å². The van der Waals surface area contributed by atoms with E-state index in [1.165, 1.54) is 0 Å². The summed E-state index contributed by atoms with van der Waals surface area (Å²) in [4.78, 5) is 11.6. The molecule has 1 amide bonds. The molecule has 0 aliphatic carbocycles. The second-order valence-electron chi connectivity index (χ2n) is 3.35. The van der Waals surface area contributed by atoms with E-state index < -0.39 is 0 Å². The fourth-order valence-electron chi connectivity index (χ4n) is 1.56. The molecule has 0 bridgehead atoms. The van der Waals surface area contributed by atoms with Gasteiger partial charge in [-0.3, -0.25) is 4.79 Å². The van der Waals surface area contributed by atoms with Crippen LogP contribution in [0, 0.1) is 0 Å². The summed E-state index contributed by atoms with van der Waals surface area (Å²) in [7, 11) is 0. The Labute approximate surface area is 105 Å². The van der Waals surface area contributed by atoms with E-state index in [2.05, 4.69) is 42.5 Å². The van der Waals surface area contributed by atoms with Gasteiger partial charge in [-0.05, 0) is 49.6 Å². The number of halogens is 2. The van der Waals surface area contributed by atoms with Crippen LogP contribution in [0.1, 0.15) is 11.6 Å². The largest absolute Gasteiger partial charge is 0.353 e. The summed E-state index contributed by atoms with van der Waals surface area (Å²) in [5.74, 6) is 0.0375. The van der Waals surface area contributed by atoms with Gasteiger partial charge in [0, 0.05) is 22.0 Å². The van der Waals surface area contributed by atoms with Crippen LogP contribution < -0.4 is 10.6 Å². The fourth-order valence-corrected chi connectivity index (χ4v) is 2.20. The first-order valence-corrected chi connectivity index (χ1v) is 6.23. The Kier molecular flexibility index (Phi) is 3.43. The Hall–Kier alpha value is -0.390. The third-order valence-electron chi connectivity index (χ3n) is 2.31. The molecule has 1 heterocycles. The quantitative estimate of drug-likeness (QED) is 0.825. The standard InChI is InChI=1S/C10H10Br2N2O/c11-7-2-1-6(5-8(7)12)9-10(15)14-4-3-13-9/h1-2,5,9,13H,3-4H2,(H,14,15). The van der Waals surface area contributed by atoms with E-state index in [4.69, 9.17) is 0 Å². The molecule has 1 aromatic rings. The number of piperazine rings is 1. The van der Waals surface area contributed by atoms with Crippen molar-refractivity contribution in [2.45, 2.75) is 6.04 Å². The molecule has 1 unspecified atom stereocenters. The summed E-state index contributed by atoms with van der Waals surface area (Å²) < 4.78 is 1.95. The summed E-state index contributed by atoms with van der Waals surface area (Å²) in [5, 5.41) is 6.02. The number of rotatable bonds is 1. The minimum atomic E-state index is -0.233. The van der Waals surface area contributed by atoms with Crippen molar-refractivity contribution in [1.82, 2.24) is 10.6 Å². The third-order valence-corrected chi connectivity index (χ3v) is 4.19. The maximum Gasteiger partial charge on any atom is 0.241 e. The van der Waals surface area contributed by atoms with E-state index in [0.717, 1.165) is 21.1 Å². The summed E-state index contributed by atoms with van der Waals surface area (Å²) in [6, 6.07) is 5.59. The molecule has 80 valence electrons. The van der Waals surface area contributed by atoms with Crippen molar-refractivity contribution >= 4 is 37.8 Å². The van der Waals surface area contributed by atoms with Gasteiger partial charge in [-0.15, -0.1) is 0 Å².